The molecule has 1 aliphatic heterocycles. The first kappa shape index (κ1) is 11.9. The molecule has 0 aliphatic carbocycles. The maximum Gasteiger partial charge on any atom is 0.231 e. The van der Waals surface area contributed by atoms with Crippen molar-refractivity contribution in [3.8, 4) is 11.5 Å². The van der Waals surface area contributed by atoms with Crippen molar-refractivity contribution in [2.24, 2.45) is 0 Å². The minimum absolute atomic E-state index is 0.275. The zero-order chi connectivity index (χ0) is 12.5. The summed E-state index contributed by atoms with van der Waals surface area (Å²) in [4.78, 5) is 8.47. The second-order valence-electron chi connectivity index (χ2n) is 4.13. The van der Waals surface area contributed by atoms with Crippen LogP contribution in [0.25, 0.3) is 11.5 Å². The highest BCUT2D eigenvalue weighted by Crippen LogP contribution is 2.28. The van der Waals surface area contributed by atoms with Crippen LogP contribution in [0, 0.1) is 0 Å². The lowest BCUT2D eigenvalue weighted by atomic mass is 10.1. The lowest BCUT2D eigenvalue weighted by molar-refractivity contribution is 0.359. The van der Waals surface area contributed by atoms with E-state index in [1.165, 1.54) is 6.20 Å². The number of nitrogens with zero attached hydrogens (tertiary/aromatic N) is 3. The Kier molecular flexibility index (Phi) is 3.20. The molecule has 3 heterocycles. The van der Waals surface area contributed by atoms with Gasteiger partial charge in [0.25, 0.3) is 0 Å². The van der Waals surface area contributed by atoms with Crippen molar-refractivity contribution in [1.29, 1.82) is 0 Å². The topological polar surface area (TPSA) is 63.8 Å². The second-order valence-corrected chi connectivity index (χ2v) is 4.97. The Bertz CT molecular complexity index is 566. The molecule has 0 saturated carbocycles. The molecule has 1 unspecified atom stereocenters. The van der Waals surface area contributed by atoms with Crippen LogP contribution in [0.3, 0.4) is 0 Å². The average molecular weight is 285 g/mol. The summed E-state index contributed by atoms with van der Waals surface area (Å²) in [6.07, 6.45) is 2.51. The first-order valence-electron chi connectivity index (χ1n) is 5.60. The van der Waals surface area contributed by atoms with Crippen LogP contribution in [0.5, 0.6) is 0 Å². The van der Waals surface area contributed by atoms with E-state index in [9.17, 15) is 0 Å². The van der Waals surface area contributed by atoms with Crippen molar-refractivity contribution >= 4 is 23.2 Å². The first-order valence-corrected chi connectivity index (χ1v) is 6.35. The molecule has 1 aliphatic rings. The molecule has 1 atom stereocenters. The Labute approximate surface area is 114 Å². The third-order valence-electron chi connectivity index (χ3n) is 2.87. The summed E-state index contributed by atoms with van der Waals surface area (Å²) >= 11 is 11.8. The molecule has 3 rings (SSSR count). The van der Waals surface area contributed by atoms with Gasteiger partial charge in [-0.2, -0.15) is 4.98 Å². The lowest BCUT2D eigenvalue weighted by Gasteiger charge is -1.99. The third kappa shape index (κ3) is 2.21. The minimum Gasteiger partial charge on any atom is -0.339 e. The van der Waals surface area contributed by atoms with Gasteiger partial charge in [-0.1, -0.05) is 28.4 Å². The zero-order valence-electron chi connectivity index (χ0n) is 9.36. The Morgan fingerprint density at radius 2 is 2.28 bits per heavy atom. The molecule has 1 saturated heterocycles. The lowest BCUT2D eigenvalue weighted by Crippen LogP contribution is -2.08. The largest absolute Gasteiger partial charge is 0.339 e. The van der Waals surface area contributed by atoms with Crippen molar-refractivity contribution in [2.45, 2.75) is 12.3 Å². The van der Waals surface area contributed by atoms with Crippen LogP contribution in [0.2, 0.25) is 10.0 Å². The molecule has 5 nitrogen and oxygen atoms in total. The summed E-state index contributed by atoms with van der Waals surface area (Å²) < 4.78 is 5.26. The van der Waals surface area contributed by atoms with Crippen LogP contribution in [0.1, 0.15) is 18.2 Å². The highest BCUT2D eigenvalue weighted by molar-refractivity contribution is 6.35. The minimum atomic E-state index is 0.275. The van der Waals surface area contributed by atoms with Crippen molar-refractivity contribution in [1.82, 2.24) is 20.4 Å². The van der Waals surface area contributed by atoms with E-state index >= 15 is 0 Å². The molecule has 2 aromatic rings. The fourth-order valence-electron chi connectivity index (χ4n) is 1.94. The summed E-state index contributed by atoms with van der Waals surface area (Å²) in [6, 6.07) is 1.61. The van der Waals surface area contributed by atoms with Gasteiger partial charge in [-0.05, 0) is 19.0 Å². The summed E-state index contributed by atoms with van der Waals surface area (Å²) in [5.74, 6) is 1.30. The van der Waals surface area contributed by atoms with Crippen LogP contribution in [-0.4, -0.2) is 28.2 Å². The molecule has 2 aromatic heterocycles. The third-order valence-corrected chi connectivity index (χ3v) is 3.37. The summed E-state index contributed by atoms with van der Waals surface area (Å²) in [5, 5.41) is 8.06. The average Bonchev–Trinajstić information content (AvgIpc) is 2.99. The second kappa shape index (κ2) is 4.84. The molecule has 0 radical (unpaired) electrons. The van der Waals surface area contributed by atoms with Crippen molar-refractivity contribution in [2.75, 3.05) is 13.1 Å². The monoisotopic (exact) mass is 284 g/mol. The Morgan fingerprint density at radius 1 is 1.39 bits per heavy atom. The van der Waals surface area contributed by atoms with Crippen LogP contribution < -0.4 is 5.32 Å². The van der Waals surface area contributed by atoms with Crippen molar-refractivity contribution in [3.63, 3.8) is 0 Å². The van der Waals surface area contributed by atoms with E-state index in [-0.39, 0.29) is 5.92 Å². The highest BCUT2D eigenvalue weighted by atomic mass is 35.5. The summed E-state index contributed by atoms with van der Waals surface area (Å²) in [5.41, 5.74) is 0.488. The van der Waals surface area contributed by atoms with Crippen LogP contribution in [0.4, 0.5) is 0 Å². The molecule has 0 spiro atoms. The number of nitrogens with one attached hydrogen (secondary N) is 1. The van der Waals surface area contributed by atoms with Gasteiger partial charge in [0.1, 0.15) is 5.69 Å². The smallest absolute Gasteiger partial charge is 0.231 e. The van der Waals surface area contributed by atoms with E-state index < -0.39 is 0 Å². The Hall–Kier alpha value is -1.17. The van der Waals surface area contributed by atoms with Crippen molar-refractivity contribution < 1.29 is 4.52 Å². The molecular formula is C11H10Cl2N4O. The molecule has 94 valence electrons. The van der Waals surface area contributed by atoms with Crippen LogP contribution in [0.15, 0.2) is 16.8 Å². The molecular weight excluding hydrogens is 275 g/mol. The standard InChI is InChI=1S/C11H10Cl2N4O/c12-7-3-8(13)9(15-5-7)10-16-11(18-17-10)6-1-2-14-4-6/h3,5-6,14H,1-2,4H2. The normalized spacial score (nSPS) is 19.3. The van der Waals surface area contributed by atoms with E-state index in [0.29, 0.717) is 27.5 Å². The number of rotatable bonds is 2. The van der Waals surface area contributed by atoms with E-state index in [0.717, 1.165) is 19.5 Å². The van der Waals surface area contributed by atoms with Gasteiger partial charge in [-0.3, -0.25) is 0 Å². The maximum atomic E-state index is 6.05. The van der Waals surface area contributed by atoms with Crippen LogP contribution >= 0.6 is 23.2 Å². The van der Waals surface area contributed by atoms with Gasteiger partial charge in [0.2, 0.25) is 11.7 Å². The predicted molar refractivity (Wildman–Crippen MR) is 67.8 cm³/mol. The molecule has 7 heteroatoms. The fourth-order valence-corrected chi connectivity index (χ4v) is 2.41. The van der Waals surface area contributed by atoms with Gasteiger partial charge in [0, 0.05) is 12.7 Å². The van der Waals surface area contributed by atoms with E-state index in [4.69, 9.17) is 27.7 Å². The Balaban J connectivity index is 1.92. The summed E-state index contributed by atoms with van der Waals surface area (Å²) in [7, 11) is 0. The molecule has 0 aromatic carbocycles. The maximum absolute atomic E-state index is 6.05. The number of hydrogen-bond donors (Lipinski definition) is 1. The van der Waals surface area contributed by atoms with Crippen LogP contribution in [-0.2, 0) is 0 Å². The van der Waals surface area contributed by atoms with E-state index in [2.05, 4.69) is 20.4 Å². The molecule has 0 amide bonds. The number of pyridine rings is 1. The SMILES string of the molecule is Clc1cnc(-c2noc(C3CCNC3)n2)c(Cl)c1. The molecule has 18 heavy (non-hydrogen) atoms. The fraction of sp³-hybridized carbons (Fsp3) is 0.364. The number of hydrogen-bond acceptors (Lipinski definition) is 5. The quantitative estimate of drug-likeness (QED) is 0.918. The highest BCUT2D eigenvalue weighted by Gasteiger charge is 2.23. The van der Waals surface area contributed by atoms with Gasteiger partial charge in [-0.25, -0.2) is 4.98 Å². The number of aromatic nitrogens is 3. The van der Waals surface area contributed by atoms with Gasteiger partial charge in [0.05, 0.1) is 16.0 Å². The van der Waals surface area contributed by atoms with Crippen molar-refractivity contribution in [3.05, 3.63) is 28.2 Å². The zero-order valence-corrected chi connectivity index (χ0v) is 10.9. The molecule has 0 bridgehead atoms. The van der Waals surface area contributed by atoms with Gasteiger partial charge >= 0.3 is 0 Å². The van der Waals surface area contributed by atoms with Gasteiger partial charge in [-0.15, -0.1) is 0 Å². The molecule has 1 N–H and O–H groups in total. The molecule has 1 fully saturated rings. The predicted octanol–water partition coefficient (Wildman–Crippen LogP) is 2.52. The first-order chi connectivity index (χ1) is 8.74. The van der Waals surface area contributed by atoms with Gasteiger partial charge in [0.15, 0.2) is 0 Å². The van der Waals surface area contributed by atoms with E-state index in [1.54, 1.807) is 6.07 Å². The number of halogens is 2. The Morgan fingerprint density at radius 3 is 3.00 bits per heavy atom. The van der Waals surface area contributed by atoms with E-state index in [1.807, 2.05) is 0 Å². The summed E-state index contributed by atoms with van der Waals surface area (Å²) in [6.45, 7) is 1.84. The van der Waals surface area contributed by atoms with Gasteiger partial charge < -0.3 is 9.84 Å².